The van der Waals surface area contributed by atoms with E-state index in [-0.39, 0.29) is 30.2 Å². The molecule has 216 valence electrons. The number of likely N-dealkylation sites (tertiary alicyclic amines) is 1. The van der Waals surface area contributed by atoms with Gasteiger partial charge in [-0.1, -0.05) is 18.5 Å². The minimum Gasteiger partial charge on any atom is -0.507 e. The number of primary amides is 1. The first-order valence-electron chi connectivity index (χ1n) is 13.9. The van der Waals surface area contributed by atoms with Gasteiger partial charge >= 0.3 is 0 Å². The third-order valence-corrected chi connectivity index (χ3v) is 10.1. The van der Waals surface area contributed by atoms with Gasteiger partial charge in [0.15, 0.2) is 34.7 Å². The number of halogens is 1. The number of likely N-dealkylation sites (N-methyl/N-ethyl adjacent to an activating group) is 1. The number of carbonyl (C=O) groups is 5. The molecule has 3 fully saturated rings. The Bertz CT molecular complexity index is 1330. The number of hydrogen-bond donors (Lipinski definition) is 3. The van der Waals surface area contributed by atoms with E-state index in [0.717, 1.165) is 31.4 Å². The van der Waals surface area contributed by atoms with Crippen LogP contribution >= 0.6 is 11.6 Å². The lowest BCUT2D eigenvalue weighted by Crippen LogP contribution is -2.74. The molecule has 1 amide bonds. The predicted octanol–water partition coefficient (Wildman–Crippen LogP) is 1.46. The minimum atomic E-state index is -2.74. The lowest BCUT2D eigenvalue weighted by Gasteiger charge is -2.52. The van der Waals surface area contributed by atoms with E-state index in [1.54, 1.807) is 14.1 Å². The second-order valence-electron chi connectivity index (χ2n) is 12.1. The molecule has 10 nitrogen and oxygen atoms in total. The standard InChI is InChI=1S/C29H36ClN3O7/c1-5-8-33-12(2)6-7-17(33)14-11-18(34)20-15(22(14)30)9-13-10-16-23(32(3)4)25(36)21(28(31)39)27(38)29(16,40)26(37)19(13)24(20)35/h11-13,16-17,19,21,23,34,40H,5-10H2,1-4H3,(H2,31,39). The number of benzene rings is 1. The van der Waals surface area contributed by atoms with Gasteiger partial charge in [-0.25, -0.2) is 0 Å². The van der Waals surface area contributed by atoms with Crippen LogP contribution in [0.1, 0.15) is 67.1 Å². The van der Waals surface area contributed by atoms with E-state index in [1.165, 1.54) is 11.0 Å². The number of phenolic OH excluding ortho intramolecular Hbond substituents is 1. The molecule has 4 aliphatic rings. The minimum absolute atomic E-state index is 0.00631. The number of ketones is 4. The molecule has 5 rings (SSSR count). The van der Waals surface area contributed by atoms with Crippen LogP contribution in [-0.2, 0) is 25.6 Å². The number of rotatable bonds is 5. The number of hydrogen-bond acceptors (Lipinski definition) is 9. The van der Waals surface area contributed by atoms with E-state index < -0.39 is 64.4 Å². The SMILES string of the molecule is CCCN1C(C)CCC1c1cc(O)c2c(c1Cl)CC1CC3C(N(C)C)C(=O)C(C(N)=O)C(=O)C3(O)C(=O)C1C2=O. The van der Waals surface area contributed by atoms with Gasteiger partial charge in [0.05, 0.1) is 17.5 Å². The molecule has 4 N–H and O–H groups in total. The Kier molecular flexibility index (Phi) is 7.22. The van der Waals surface area contributed by atoms with Crippen molar-refractivity contribution in [3.05, 3.63) is 27.8 Å². The van der Waals surface area contributed by atoms with Crippen molar-refractivity contribution in [2.75, 3.05) is 20.6 Å². The zero-order chi connectivity index (χ0) is 29.4. The summed E-state index contributed by atoms with van der Waals surface area (Å²) in [4.78, 5) is 70.3. The van der Waals surface area contributed by atoms with Crippen LogP contribution in [0.5, 0.6) is 5.75 Å². The number of carbonyl (C=O) groups excluding carboxylic acids is 5. The van der Waals surface area contributed by atoms with Gasteiger partial charge in [-0.3, -0.25) is 33.8 Å². The number of Topliss-reactive ketones (excluding diaryl/α,β-unsaturated/α-hetero) is 4. The van der Waals surface area contributed by atoms with E-state index in [0.29, 0.717) is 16.6 Å². The first-order valence-corrected chi connectivity index (χ1v) is 14.3. The molecule has 0 radical (unpaired) electrons. The van der Waals surface area contributed by atoms with Crippen molar-refractivity contribution in [2.45, 2.75) is 69.7 Å². The van der Waals surface area contributed by atoms with Gasteiger partial charge in [-0.2, -0.15) is 0 Å². The van der Waals surface area contributed by atoms with Crippen LogP contribution in [0.4, 0.5) is 0 Å². The summed E-state index contributed by atoms with van der Waals surface area (Å²) in [6, 6.07) is 0.680. The topological polar surface area (TPSA) is 158 Å². The average Bonchev–Trinajstić information content (AvgIpc) is 3.23. The zero-order valence-corrected chi connectivity index (χ0v) is 23.9. The van der Waals surface area contributed by atoms with Crippen LogP contribution in [0.15, 0.2) is 6.07 Å². The van der Waals surface area contributed by atoms with E-state index in [4.69, 9.17) is 17.3 Å². The van der Waals surface area contributed by atoms with Gasteiger partial charge in [0.1, 0.15) is 5.75 Å². The highest BCUT2D eigenvalue weighted by Gasteiger charge is 2.69. The lowest BCUT2D eigenvalue weighted by atomic mass is 9.52. The smallest absolute Gasteiger partial charge is 0.235 e. The molecule has 1 heterocycles. The second-order valence-corrected chi connectivity index (χ2v) is 12.5. The Morgan fingerprint density at radius 1 is 1.20 bits per heavy atom. The van der Waals surface area contributed by atoms with Gasteiger partial charge in [0, 0.05) is 23.0 Å². The van der Waals surface area contributed by atoms with Gasteiger partial charge in [-0.15, -0.1) is 0 Å². The average molecular weight is 574 g/mol. The van der Waals surface area contributed by atoms with Crippen LogP contribution in [0.3, 0.4) is 0 Å². The Morgan fingerprint density at radius 2 is 1.88 bits per heavy atom. The number of amides is 1. The fourth-order valence-corrected chi connectivity index (χ4v) is 8.27. The molecule has 11 heteroatoms. The molecule has 0 spiro atoms. The first-order chi connectivity index (χ1) is 18.8. The van der Waals surface area contributed by atoms with Crippen molar-refractivity contribution >= 4 is 40.6 Å². The fraction of sp³-hybridized carbons (Fsp3) is 0.621. The molecule has 3 aliphatic carbocycles. The zero-order valence-electron chi connectivity index (χ0n) is 23.1. The highest BCUT2D eigenvalue weighted by molar-refractivity contribution is 6.35. The largest absolute Gasteiger partial charge is 0.507 e. The van der Waals surface area contributed by atoms with Crippen molar-refractivity contribution in [3.8, 4) is 5.75 Å². The molecule has 8 atom stereocenters. The third-order valence-electron chi connectivity index (χ3n) is 9.69. The van der Waals surface area contributed by atoms with Crippen molar-refractivity contribution < 1.29 is 34.2 Å². The summed E-state index contributed by atoms with van der Waals surface area (Å²) in [5, 5.41) is 23.2. The van der Waals surface area contributed by atoms with E-state index in [1.807, 2.05) is 0 Å². The van der Waals surface area contributed by atoms with Crippen molar-refractivity contribution in [3.63, 3.8) is 0 Å². The monoisotopic (exact) mass is 573 g/mol. The molecule has 0 aromatic heterocycles. The van der Waals surface area contributed by atoms with Crippen molar-refractivity contribution in [1.29, 1.82) is 0 Å². The second kappa shape index (κ2) is 10.0. The summed E-state index contributed by atoms with van der Waals surface area (Å²) >= 11 is 6.98. The van der Waals surface area contributed by atoms with Crippen molar-refractivity contribution in [2.24, 2.45) is 29.4 Å². The predicted molar refractivity (Wildman–Crippen MR) is 145 cm³/mol. The third kappa shape index (κ3) is 3.90. The molecule has 1 aromatic rings. The number of nitrogens with zero attached hydrogens (tertiary/aromatic N) is 2. The van der Waals surface area contributed by atoms with Crippen LogP contribution in [0.25, 0.3) is 0 Å². The Balaban J connectivity index is 1.60. The molecule has 0 bridgehead atoms. The normalized spacial score (nSPS) is 36.0. The molecular formula is C29H36ClN3O7. The number of fused-ring (bicyclic) bond motifs is 3. The van der Waals surface area contributed by atoms with Crippen molar-refractivity contribution in [1.82, 2.24) is 9.80 Å². The highest BCUT2D eigenvalue weighted by atomic mass is 35.5. The number of phenols is 1. The van der Waals surface area contributed by atoms with Crippen LogP contribution < -0.4 is 5.73 Å². The van der Waals surface area contributed by atoms with Crippen LogP contribution in [0, 0.1) is 23.7 Å². The lowest BCUT2D eigenvalue weighted by molar-refractivity contribution is -0.181. The molecule has 1 aliphatic heterocycles. The summed E-state index contributed by atoms with van der Waals surface area (Å²) in [7, 11) is 3.11. The van der Waals surface area contributed by atoms with E-state index in [9.17, 15) is 34.2 Å². The molecule has 8 unspecified atom stereocenters. The van der Waals surface area contributed by atoms with Gasteiger partial charge in [0.2, 0.25) is 5.91 Å². The number of aliphatic hydroxyl groups is 1. The highest BCUT2D eigenvalue weighted by Crippen LogP contribution is 2.53. The molecular weight excluding hydrogens is 538 g/mol. The molecule has 1 aromatic carbocycles. The van der Waals surface area contributed by atoms with Gasteiger partial charge in [0.25, 0.3) is 0 Å². The summed E-state index contributed by atoms with van der Waals surface area (Å²) < 4.78 is 0. The molecule has 40 heavy (non-hydrogen) atoms. The fourth-order valence-electron chi connectivity index (χ4n) is 7.92. The summed E-state index contributed by atoms with van der Waals surface area (Å²) in [6.07, 6.45) is 2.92. The Morgan fingerprint density at radius 3 is 2.48 bits per heavy atom. The summed E-state index contributed by atoms with van der Waals surface area (Å²) in [5.74, 6) is -10.6. The molecule has 1 saturated heterocycles. The Hall–Kier alpha value is -2.66. The summed E-state index contributed by atoms with van der Waals surface area (Å²) in [6.45, 7) is 5.11. The summed E-state index contributed by atoms with van der Waals surface area (Å²) in [5.41, 5.74) is 3.73. The molecule has 2 saturated carbocycles. The Labute approximate surface area is 237 Å². The number of nitrogens with two attached hydrogens (primary N) is 1. The van der Waals surface area contributed by atoms with Crippen LogP contribution in [-0.4, -0.2) is 87.4 Å². The van der Waals surface area contributed by atoms with E-state index >= 15 is 0 Å². The maximum Gasteiger partial charge on any atom is 0.235 e. The maximum atomic E-state index is 13.9. The van der Waals surface area contributed by atoms with Crippen LogP contribution in [0.2, 0.25) is 5.02 Å². The first kappa shape index (κ1) is 28.9. The number of aromatic hydroxyl groups is 1. The van der Waals surface area contributed by atoms with E-state index in [2.05, 4.69) is 18.7 Å². The quantitative estimate of drug-likeness (QED) is 0.443. The van der Waals surface area contributed by atoms with Gasteiger partial charge in [-0.05, 0) is 82.8 Å². The van der Waals surface area contributed by atoms with Gasteiger partial charge < -0.3 is 15.9 Å². The maximum absolute atomic E-state index is 13.9.